The molecule has 5 nitrogen and oxygen atoms in total. The Balaban J connectivity index is -0.0000000383. The number of rotatable bonds is 0. The van der Waals surface area contributed by atoms with Crippen LogP contribution in [0.1, 0.15) is 15.3 Å². The molecule has 10 heavy (non-hydrogen) atoms. The monoisotopic (exact) mass is 218 g/mol. The van der Waals surface area contributed by atoms with Gasteiger partial charge in [0.15, 0.2) is 0 Å². The van der Waals surface area contributed by atoms with Crippen LogP contribution in [0.25, 0.3) is 0 Å². The fourth-order valence-electron chi connectivity index (χ4n) is 0. The summed E-state index contributed by atoms with van der Waals surface area (Å²) in [7, 11) is 0. The van der Waals surface area contributed by atoms with E-state index in [9.17, 15) is 4.79 Å². The molecule has 0 saturated carbocycles. The molecule has 0 atom stereocenters. The summed E-state index contributed by atoms with van der Waals surface area (Å²) in [5.74, 6) is 0.167. The Bertz CT molecular complexity index is 207. The van der Waals surface area contributed by atoms with Crippen LogP contribution in [-0.4, -0.2) is 9.97 Å². The van der Waals surface area contributed by atoms with Gasteiger partial charge in [0, 0.05) is 0 Å². The van der Waals surface area contributed by atoms with Crippen molar-refractivity contribution in [2.75, 3.05) is 0 Å². The van der Waals surface area contributed by atoms with Gasteiger partial charge in [0.25, 0.3) is 0 Å². The molecule has 0 saturated heterocycles. The molecule has 0 rings (SSSR count). The molecule has 7 heteroatoms. The summed E-state index contributed by atoms with van der Waals surface area (Å²) >= 11 is -5.38. The zero-order chi connectivity index (χ0) is 8.08. The summed E-state index contributed by atoms with van der Waals surface area (Å²) in [6.07, 6.45) is 0. The summed E-state index contributed by atoms with van der Waals surface area (Å²) in [5.41, 5.74) is 0. The van der Waals surface area contributed by atoms with Gasteiger partial charge in [-0.05, 0) is 13.8 Å². The molecule has 58 valence electrons. The number of Topliss-reactive ketones (excluding diaryl/α,β-unsaturated/α-hetero) is 1. The molecule has 0 bridgehead atoms. The van der Waals surface area contributed by atoms with Crippen molar-refractivity contribution in [1.82, 2.24) is 0 Å². The second-order valence-corrected chi connectivity index (χ2v) is 2.54. The molecule has 0 aromatic heterocycles. The van der Waals surface area contributed by atoms with E-state index < -0.39 is 13.0 Å². The molecular formula is C3H8KMnO5. The summed E-state index contributed by atoms with van der Waals surface area (Å²) in [6, 6.07) is 0. The third-order valence-electron chi connectivity index (χ3n) is 0. The van der Waals surface area contributed by atoms with Crippen molar-refractivity contribution in [2.45, 2.75) is 13.8 Å². The van der Waals surface area contributed by atoms with E-state index in [4.69, 9.17) is 15.7 Å². The summed E-state index contributed by atoms with van der Waals surface area (Å²) in [6.45, 7) is 3.06. The van der Waals surface area contributed by atoms with E-state index in [1.54, 1.807) is 0 Å². The minimum atomic E-state index is -5.38. The first kappa shape index (κ1) is 17.3. The van der Waals surface area contributed by atoms with Gasteiger partial charge >= 0.3 is 80.0 Å². The minimum absolute atomic E-state index is 0. The van der Waals surface area contributed by atoms with Gasteiger partial charge in [0.05, 0.1) is 0 Å². The van der Waals surface area contributed by atoms with Gasteiger partial charge in [-0.3, -0.25) is 0 Å². The third kappa shape index (κ3) is 438. The van der Waals surface area contributed by atoms with Crippen molar-refractivity contribution < 1.29 is 86.3 Å². The Morgan fingerprint density at radius 3 is 1.30 bits per heavy atom. The normalized spacial score (nSPS) is 8.30. The van der Waals surface area contributed by atoms with Crippen LogP contribution < -0.4 is 51.4 Å². The second-order valence-electron chi connectivity index (χ2n) is 1.30. The molecule has 0 unspecified atom stereocenters. The molecule has 0 aliphatic rings. The standard InChI is InChI=1S/C3H6O.K.Mn.H2O.3O.H/c1-3(2)4;;;;;;;/h1-2H3;;;1H2;;;;/q;2*+1;;;;;-1/p-1. The van der Waals surface area contributed by atoms with E-state index in [0.717, 1.165) is 0 Å². The first-order valence-electron chi connectivity index (χ1n) is 1.84. The van der Waals surface area contributed by atoms with E-state index in [2.05, 4.69) is 0 Å². The van der Waals surface area contributed by atoms with Crippen LogP contribution in [0.15, 0.2) is 0 Å². The Morgan fingerprint density at radius 2 is 1.30 bits per heavy atom. The zero-order valence-corrected chi connectivity index (χ0v) is 10.3. The SMILES string of the molecule is CC(C)=O.[H-].[K+].[O]=[Mn](=[O])(=[O])[OH]. The molecule has 0 heterocycles. The number of hydrogen-bond acceptors (Lipinski definition) is 4. The summed E-state index contributed by atoms with van der Waals surface area (Å²) in [5, 5.41) is 0. The van der Waals surface area contributed by atoms with Crippen LogP contribution in [0.3, 0.4) is 0 Å². The Kier molecular flexibility index (Phi) is 14.3. The van der Waals surface area contributed by atoms with Crippen LogP contribution in [-0.2, 0) is 29.3 Å². The average molecular weight is 218 g/mol. The molecule has 0 aromatic carbocycles. The molecule has 0 radical (unpaired) electrons. The van der Waals surface area contributed by atoms with Crippen LogP contribution >= 0.6 is 0 Å². The Labute approximate surface area is 104 Å². The van der Waals surface area contributed by atoms with E-state index in [1.165, 1.54) is 13.8 Å². The topological polar surface area (TPSA) is 88.5 Å². The average Bonchev–Trinajstić information content (AvgIpc) is 1.19. The number of hydrogen-bond donors (Lipinski definition) is 1. The van der Waals surface area contributed by atoms with Crippen LogP contribution in [0.4, 0.5) is 0 Å². The third-order valence-corrected chi connectivity index (χ3v) is 0. The van der Waals surface area contributed by atoms with E-state index in [-0.39, 0.29) is 58.6 Å². The zero-order valence-electron chi connectivity index (χ0n) is 6.96. The summed E-state index contributed by atoms with van der Waals surface area (Å²) in [4.78, 5) is 9.44. The number of ketones is 1. The first-order chi connectivity index (χ1) is 3.73. The molecule has 0 spiro atoms. The van der Waals surface area contributed by atoms with Crippen LogP contribution in [0.2, 0.25) is 0 Å². The molecule has 0 aromatic rings. The van der Waals surface area contributed by atoms with Crippen molar-refractivity contribution >= 4 is 5.78 Å². The van der Waals surface area contributed by atoms with Crippen molar-refractivity contribution in [3.63, 3.8) is 0 Å². The second kappa shape index (κ2) is 8.28. The molecule has 0 aliphatic carbocycles. The van der Waals surface area contributed by atoms with Gasteiger partial charge in [-0.1, -0.05) is 0 Å². The van der Waals surface area contributed by atoms with Crippen molar-refractivity contribution in [3.8, 4) is 0 Å². The van der Waals surface area contributed by atoms with E-state index in [1.807, 2.05) is 0 Å². The van der Waals surface area contributed by atoms with E-state index >= 15 is 0 Å². The van der Waals surface area contributed by atoms with Crippen LogP contribution in [0, 0.1) is 0 Å². The number of carbonyl (C=O) groups is 1. The van der Waals surface area contributed by atoms with Gasteiger partial charge in [-0.15, -0.1) is 0 Å². The molecule has 1 N–H and O–H groups in total. The predicted molar refractivity (Wildman–Crippen MR) is 21.7 cm³/mol. The maximum atomic E-state index is 9.44. The quantitative estimate of drug-likeness (QED) is 0.432. The maximum absolute atomic E-state index is 9.44. The fourth-order valence-corrected chi connectivity index (χ4v) is 0. The molecule has 0 aliphatic heterocycles. The predicted octanol–water partition coefficient (Wildman–Crippen LogP) is -3.20. The van der Waals surface area contributed by atoms with Gasteiger partial charge in [-0.25, -0.2) is 0 Å². The molecule has 0 amide bonds. The molecule has 0 fully saturated rings. The Hall–Kier alpha value is 1.19. The van der Waals surface area contributed by atoms with Gasteiger partial charge in [-0.2, -0.15) is 0 Å². The number of carbonyl (C=O) groups excluding carboxylic acids is 1. The van der Waals surface area contributed by atoms with Gasteiger partial charge in [0.2, 0.25) is 0 Å². The fraction of sp³-hybridized carbons (Fsp3) is 0.667. The van der Waals surface area contributed by atoms with Crippen molar-refractivity contribution in [3.05, 3.63) is 0 Å². The Morgan fingerprint density at radius 1 is 1.30 bits per heavy atom. The van der Waals surface area contributed by atoms with Crippen LogP contribution in [0.5, 0.6) is 0 Å². The van der Waals surface area contributed by atoms with Crippen molar-refractivity contribution in [2.24, 2.45) is 0 Å². The van der Waals surface area contributed by atoms with Crippen molar-refractivity contribution in [1.29, 1.82) is 0 Å². The summed E-state index contributed by atoms with van der Waals surface area (Å²) < 4.78 is 33.1. The van der Waals surface area contributed by atoms with Gasteiger partial charge < -0.3 is 6.22 Å². The van der Waals surface area contributed by atoms with Gasteiger partial charge in [0.1, 0.15) is 5.78 Å². The van der Waals surface area contributed by atoms with E-state index in [0.29, 0.717) is 0 Å². The molecular weight excluding hydrogens is 210 g/mol. The first-order valence-corrected chi connectivity index (χ1v) is 3.81.